The number of methoxy groups -OCH3 is 1. The number of nitrogens with one attached hydrogen (secondary N) is 1. The van der Waals surface area contributed by atoms with E-state index in [1.54, 1.807) is 31.2 Å². The third-order valence-electron chi connectivity index (χ3n) is 5.21. The van der Waals surface area contributed by atoms with Crippen molar-refractivity contribution in [1.82, 2.24) is 4.90 Å². The van der Waals surface area contributed by atoms with E-state index < -0.39 is 23.7 Å². The van der Waals surface area contributed by atoms with Crippen LogP contribution in [0.15, 0.2) is 47.4 Å². The van der Waals surface area contributed by atoms with Crippen LogP contribution in [0.1, 0.15) is 31.4 Å². The Labute approximate surface area is 213 Å². The third-order valence-corrected chi connectivity index (χ3v) is 6.12. The number of amides is 3. The van der Waals surface area contributed by atoms with Gasteiger partial charge in [-0.05, 0) is 73.5 Å². The van der Waals surface area contributed by atoms with Crippen molar-refractivity contribution in [2.75, 3.05) is 25.6 Å². The Balaban J connectivity index is 1.64. The first-order valence-electron chi connectivity index (χ1n) is 11.3. The molecule has 0 unspecified atom stereocenters. The van der Waals surface area contributed by atoms with Gasteiger partial charge in [-0.25, -0.2) is 0 Å². The van der Waals surface area contributed by atoms with Crippen LogP contribution in [0.2, 0.25) is 0 Å². The fourth-order valence-corrected chi connectivity index (χ4v) is 4.06. The molecule has 2 aromatic carbocycles. The van der Waals surface area contributed by atoms with Gasteiger partial charge in [-0.3, -0.25) is 24.1 Å². The summed E-state index contributed by atoms with van der Waals surface area (Å²) in [5, 5.41) is 2.22. The molecule has 1 aliphatic heterocycles. The van der Waals surface area contributed by atoms with E-state index in [1.165, 1.54) is 13.2 Å². The second-order valence-electron chi connectivity index (χ2n) is 8.09. The number of benzene rings is 2. The average Bonchev–Trinajstić information content (AvgIpc) is 3.10. The molecular formula is C26H28N2O7S. The lowest BCUT2D eigenvalue weighted by Crippen LogP contribution is -2.35. The smallest absolute Gasteiger partial charge is 0.326 e. The number of ether oxygens (including phenoxy) is 3. The van der Waals surface area contributed by atoms with Gasteiger partial charge in [-0.1, -0.05) is 25.1 Å². The Morgan fingerprint density at radius 3 is 2.61 bits per heavy atom. The molecule has 1 N–H and O–H groups in total. The summed E-state index contributed by atoms with van der Waals surface area (Å²) < 4.78 is 16.1. The van der Waals surface area contributed by atoms with Crippen molar-refractivity contribution >= 4 is 46.5 Å². The molecule has 2 aromatic rings. The first-order chi connectivity index (χ1) is 17.2. The van der Waals surface area contributed by atoms with Crippen LogP contribution in [-0.2, 0) is 19.1 Å². The number of carbonyl (C=O) groups is 4. The minimum atomic E-state index is -0.637. The van der Waals surface area contributed by atoms with Crippen LogP contribution in [0.4, 0.5) is 10.5 Å². The van der Waals surface area contributed by atoms with Crippen molar-refractivity contribution in [2.24, 2.45) is 0 Å². The molecule has 10 heteroatoms. The molecular weight excluding hydrogens is 484 g/mol. The van der Waals surface area contributed by atoms with E-state index in [0.29, 0.717) is 29.2 Å². The van der Waals surface area contributed by atoms with Gasteiger partial charge in [0.25, 0.3) is 17.1 Å². The molecule has 0 aromatic heterocycles. The van der Waals surface area contributed by atoms with Gasteiger partial charge >= 0.3 is 5.97 Å². The molecule has 9 nitrogen and oxygen atoms in total. The standard InChI is InChI=1S/C26H28N2O7S/c1-5-17(3)35-24(30)14-28-25(31)22(36-26(28)32)13-18-9-10-20(21(12-18)33-4)34-15-23(29)27-19-8-6-7-16(2)11-19/h6-13,17H,5,14-15H2,1-4H3,(H,27,29)/b22-13+/t17-/m0/s1. The van der Waals surface area contributed by atoms with Crippen LogP contribution in [-0.4, -0.2) is 54.3 Å². The zero-order chi connectivity index (χ0) is 26.2. The van der Waals surface area contributed by atoms with Gasteiger partial charge in [0.15, 0.2) is 18.1 Å². The van der Waals surface area contributed by atoms with Gasteiger partial charge in [0.2, 0.25) is 0 Å². The Hall–Kier alpha value is -3.79. The summed E-state index contributed by atoms with van der Waals surface area (Å²) in [6, 6.07) is 12.3. The quantitative estimate of drug-likeness (QED) is 0.368. The van der Waals surface area contributed by atoms with Gasteiger partial charge in [0, 0.05) is 5.69 Å². The summed E-state index contributed by atoms with van der Waals surface area (Å²) >= 11 is 0.743. The fourth-order valence-electron chi connectivity index (χ4n) is 3.22. The molecule has 3 rings (SSSR count). The Morgan fingerprint density at radius 1 is 1.14 bits per heavy atom. The van der Waals surface area contributed by atoms with E-state index in [1.807, 2.05) is 32.0 Å². The number of anilines is 1. The largest absolute Gasteiger partial charge is 0.493 e. The normalized spacial score (nSPS) is 15.1. The monoisotopic (exact) mass is 512 g/mol. The number of carbonyl (C=O) groups excluding carboxylic acids is 4. The zero-order valence-corrected chi connectivity index (χ0v) is 21.3. The van der Waals surface area contributed by atoms with Crippen LogP contribution in [0.5, 0.6) is 11.5 Å². The molecule has 3 amide bonds. The number of esters is 1. The molecule has 1 aliphatic rings. The van der Waals surface area contributed by atoms with Gasteiger partial charge < -0.3 is 19.5 Å². The summed E-state index contributed by atoms with van der Waals surface area (Å²) in [5.41, 5.74) is 2.28. The maximum atomic E-state index is 12.7. The SMILES string of the molecule is CC[C@H](C)OC(=O)CN1C(=O)S/C(=C/c2ccc(OCC(=O)Nc3cccc(C)c3)c(OC)c2)C1=O. The van der Waals surface area contributed by atoms with Crippen molar-refractivity contribution in [3.05, 3.63) is 58.5 Å². The van der Waals surface area contributed by atoms with Crippen LogP contribution < -0.4 is 14.8 Å². The number of hydrogen-bond acceptors (Lipinski definition) is 8. The third kappa shape index (κ3) is 7.11. The molecule has 0 aliphatic carbocycles. The van der Waals surface area contributed by atoms with E-state index in [-0.39, 0.29) is 23.5 Å². The maximum absolute atomic E-state index is 12.7. The number of aryl methyl sites for hydroxylation is 1. The highest BCUT2D eigenvalue weighted by Gasteiger charge is 2.36. The van der Waals surface area contributed by atoms with Crippen LogP contribution in [0.25, 0.3) is 6.08 Å². The summed E-state index contributed by atoms with van der Waals surface area (Å²) in [4.78, 5) is 50.3. The molecule has 190 valence electrons. The maximum Gasteiger partial charge on any atom is 0.326 e. The molecule has 1 saturated heterocycles. The Bertz CT molecular complexity index is 1190. The second kappa shape index (κ2) is 12.3. The van der Waals surface area contributed by atoms with Crippen molar-refractivity contribution in [1.29, 1.82) is 0 Å². The van der Waals surface area contributed by atoms with Crippen molar-refractivity contribution in [3.63, 3.8) is 0 Å². The van der Waals surface area contributed by atoms with Gasteiger partial charge in [0.05, 0.1) is 18.1 Å². The van der Waals surface area contributed by atoms with Crippen molar-refractivity contribution in [2.45, 2.75) is 33.3 Å². The lowest BCUT2D eigenvalue weighted by atomic mass is 10.2. The zero-order valence-electron chi connectivity index (χ0n) is 20.5. The highest BCUT2D eigenvalue weighted by molar-refractivity contribution is 8.18. The Morgan fingerprint density at radius 2 is 1.92 bits per heavy atom. The van der Waals surface area contributed by atoms with E-state index in [0.717, 1.165) is 22.2 Å². The number of hydrogen-bond donors (Lipinski definition) is 1. The first-order valence-corrected chi connectivity index (χ1v) is 12.1. The molecule has 1 heterocycles. The second-order valence-corrected chi connectivity index (χ2v) is 9.09. The van der Waals surface area contributed by atoms with Crippen LogP contribution >= 0.6 is 11.8 Å². The minimum Gasteiger partial charge on any atom is -0.493 e. The molecule has 1 fully saturated rings. The molecule has 0 spiro atoms. The highest BCUT2D eigenvalue weighted by Crippen LogP contribution is 2.34. The molecule has 0 saturated carbocycles. The highest BCUT2D eigenvalue weighted by atomic mass is 32.2. The predicted octanol–water partition coefficient (Wildman–Crippen LogP) is 4.40. The number of imide groups is 1. The Kier molecular flexibility index (Phi) is 9.13. The molecule has 36 heavy (non-hydrogen) atoms. The van der Waals surface area contributed by atoms with Gasteiger partial charge in [-0.2, -0.15) is 0 Å². The lowest BCUT2D eigenvalue weighted by molar-refractivity contribution is -0.150. The number of rotatable bonds is 10. The van der Waals surface area contributed by atoms with Crippen LogP contribution in [0, 0.1) is 6.92 Å². The van der Waals surface area contributed by atoms with Crippen molar-refractivity contribution < 1.29 is 33.4 Å². The molecule has 1 atom stereocenters. The summed E-state index contributed by atoms with van der Waals surface area (Å²) in [6.07, 6.45) is 1.86. The fraction of sp³-hybridized carbons (Fsp3) is 0.308. The van der Waals surface area contributed by atoms with E-state index in [4.69, 9.17) is 14.2 Å². The van der Waals surface area contributed by atoms with E-state index in [9.17, 15) is 19.2 Å². The van der Waals surface area contributed by atoms with Gasteiger partial charge in [0.1, 0.15) is 6.54 Å². The van der Waals surface area contributed by atoms with Gasteiger partial charge in [-0.15, -0.1) is 0 Å². The summed E-state index contributed by atoms with van der Waals surface area (Å²) in [7, 11) is 1.45. The minimum absolute atomic E-state index is 0.171. The van der Waals surface area contributed by atoms with Crippen molar-refractivity contribution in [3.8, 4) is 11.5 Å². The predicted molar refractivity (Wildman–Crippen MR) is 137 cm³/mol. The topological polar surface area (TPSA) is 111 Å². The van der Waals surface area contributed by atoms with E-state index >= 15 is 0 Å². The summed E-state index contributed by atoms with van der Waals surface area (Å²) in [5.74, 6) is -0.841. The first kappa shape index (κ1) is 26.8. The lowest BCUT2D eigenvalue weighted by Gasteiger charge is -2.14. The average molecular weight is 513 g/mol. The number of thioether (sulfide) groups is 1. The molecule has 0 bridgehead atoms. The van der Waals surface area contributed by atoms with E-state index in [2.05, 4.69) is 5.32 Å². The molecule has 0 radical (unpaired) electrons. The van der Waals surface area contributed by atoms with Crippen LogP contribution in [0.3, 0.4) is 0 Å². The summed E-state index contributed by atoms with van der Waals surface area (Å²) in [6.45, 7) is 4.87. The number of nitrogens with zero attached hydrogens (tertiary/aromatic N) is 1.